The number of ether oxygens (including phenoxy) is 2. The van der Waals surface area contributed by atoms with Gasteiger partial charge in [0.2, 0.25) is 0 Å². The maximum absolute atomic E-state index is 11.7. The van der Waals surface area contributed by atoms with E-state index in [1.165, 1.54) is 0 Å². The van der Waals surface area contributed by atoms with Crippen LogP contribution < -0.4 is 0 Å². The van der Waals surface area contributed by atoms with Gasteiger partial charge in [-0.25, -0.2) is 0 Å². The molecule has 0 aromatic heterocycles. The van der Waals surface area contributed by atoms with Crippen molar-refractivity contribution in [2.45, 2.75) is 44.3 Å². The molecule has 84 valence electrons. The largest absolute Gasteiger partial charge is 0.376 e. The van der Waals surface area contributed by atoms with Crippen molar-refractivity contribution in [3.8, 4) is 0 Å². The quantitative estimate of drug-likeness (QED) is 0.608. The molecule has 0 unspecified atom stereocenters. The van der Waals surface area contributed by atoms with Gasteiger partial charge >= 0.3 is 0 Å². The number of Topliss-reactive ketones (excluding diaryl/α,β-unsaturated/α-hetero) is 1. The van der Waals surface area contributed by atoms with E-state index in [-0.39, 0.29) is 12.2 Å². The smallest absolute Gasteiger partial charge is 0.136 e. The second-order valence-corrected chi connectivity index (χ2v) is 5.03. The molecule has 0 aromatic carbocycles. The third kappa shape index (κ3) is 1.95. The Bertz CT molecular complexity index is 264. The Kier molecular flexibility index (Phi) is 2.53. The van der Waals surface area contributed by atoms with Gasteiger partial charge in [0, 0.05) is 18.9 Å². The Morgan fingerprint density at radius 3 is 2.93 bits per heavy atom. The summed E-state index contributed by atoms with van der Waals surface area (Å²) < 4.78 is 11.6. The minimum atomic E-state index is 0.181. The van der Waals surface area contributed by atoms with E-state index in [2.05, 4.69) is 0 Å². The summed E-state index contributed by atoms with van der Waals surface area (Å²) in [6.45, 7) is 1.62. The van der Waals surface area contributed by atoms with E-state index in [1.54, 1.807) is 0 Å². The van der Waals surface area contributed by atoms with Crippen molar-refractivity contribution in [1.82, 2.24) is 0 Å². The van der Waals surface area contributed by atoms with Gasteiger partial charge in [0.1, 0.15) is 5.78 Å². The van der Waals surface area contributed by atoms with Crippen LogP contribution in [0, 0.1) is 11.8 Å². The second-order valence-electron chi connectivity index (χ2n) is 5.03. The molecule has 0 bridgehead atoms. The fraction of sp³-hybridized carbons (Fsp3) is 0.917. The predicted octanol–water partition coefficient (Wildman–Crippen LogP) is 1.55. The summed E-state index contributed by atoms with van der Waals surface area (Å²) in [6.07, 6.45) is 5.28. The van der Waals surface area contributed by atoms with E-state index < -0.39 is 0 Å². The molecule has 2 heterocycles. The lowest BCUT2D eigenvalue weighted by molar-refractivity contribution is -0.123. The molecule has 0 aromatic rings. The molecule has 3 aliphatic rings. The monoisotopic (exact) mass is 210 g/mol. The van der Waals surface area contributed by atoms with Crippen LogP contribution in [0.25, 0.3) is 0 Å². The topological polar surface area (TPSA) is 35.5 Å². The van der Waals surface area contributed by atoms with Crippen LogP contribution in [-0.2, 0) is 14.3 Å². The fourth-order valence-electron chi connectivity index (χ4n) is 2.82. The van der Waals surface area contributed by atoms with Gasteiger partial charge in [0.25, 0.3) is 0 Å². The second kappa shape index (κ2) is 3.87. The maximum Gasteiger partial charge on any atom is 0.136 e. The van der Waals surface area contributed by atoms with E-state index in [1.807, 2.05) is 0 Å². The summed E-state index contributed by atoms with van der Waals surface area (Å²) in [7, 11) is 0. The van der Waals surface area contributed by atoms with Gasteiger partial charge in [-0.05, 0) is 31.6 Å². The molecule has 0 amide bonds. The van der Waals surface area contributed by atoms with Crippen molar-refractivity contribution in [2.75, 3.05) is 13.2 Å². The van der Waals surface area contributed by atoms with Crippen molar-refractivity contribution in [1.29, 1.82) is 0 Å². The van der Waals surface area contributed by atoms with Crippen LogP contribution in [0.4, 0.5) is 0 Å². The number of rotatable bonds is 0. The lowest BCUT2D eigenvalue weighted by Crippen LogP contribution is -2.36. The first kappa shape index (κ1) is 9.79. The van der Waals surface area contributed by atoms with Gasteiger partial charge in [-0.3, -0.25) is 4.79 Å². The highest BCUT2D eigenvalue weighted by Gasteiger charge is 2.44. The van der Waals surface area contributed by atoms with Gasteiger partial charge < -0.3 is 9.47 Å². The first-order valence-corrected chi connectivity index (χ1v) is 6.10. The first-order chi connectivity index (χ1) is 7.34. The molecule has 3 fully saturated rings. The van der Waals surface area contributed by atoms with Crippen LogP contribution in [-0.4, -0.2) is 31.2 Å². The summed E-state index contributed by atoms with van der Waals surface area (Å²) in [5.41, 5.74) is 0. The Labute approximate surface area is 90.1 Å². The van der Waals surface area contributed by atoms with E-state index >= 15 is 0 Å². The van der Waals surface area contributed by atoms with Gasteiger partial charge in [-0.15, -0.1) is 0 Å². The van der Waals surface area contributed by atoms with E-state index in [0.717, 1.165) is 38.9 Å². The standard InChI is InChI=1S/C12H18O3/c13-10-3-4-12-11(2-1-5-14-12)15-7-8-6-9(8)10/h8-9,11-12H,1-7H2/t8-,9-,11-,12+/m1/s1. The zero-order chi connectivity index (χ0) is 10.3. The molecule has 0 radical (unpaired) electrons. The predicted molar refractivity (Wildman–Crippen MR) is 54.6 cm³/mol. The normalized spacial score (nSPS) is 45.7. The highest BCUT2D eigenvalue weighted by molar-refractivity contribution is 5.83. The molecule has 3 heteroatoms. The van der Waals surface area contributed by atoms with Crippen molar-refractivity contribution < 1.29 is 14.3 Å². The Morgan fingerprint density at radius 2 is 2.00 bits per heavy atom. The molecular weight excluding hydrogens is 192 g/mol. The molecule has 3 nitrogen and oxygen atoms in total. The maximum atomic E-state index is 11.7. The minimum absolute atomic E-state index is 0.181. The Morgan fingerprint density at radius 1 is 1.13 bits per heavy atom. The minimum Gasteiger partial charge on any atom is -0.376 e. The van der Waals surface area contributed by atoms with Crippen LogP contribution in [0.1, 0.15) is 32.1 Å². The van der Waals surface area contributed by atoms with E-state index in [4.69, 9.17) is 9.47 Å². The zero-order valence-corrected chi connectivity index (χ0v) is 8.98. The Hall–Kier alpha value is -0.410. The van der Waals surface area contributed by atoms with Crippen molar-refractivity contribution in [3.05, 3.63) is 0 Å². The van der Waals surface area contributed by atoms with Crippen molar-refractivity contribution in [2.24, 2.45) is 11.8 Å². The van der Waals surface area contributed by atoms with E-state index in [0.29, 0.717) is 24.0 Å². The van der Waals surface area contributed by atoms with Crippen LogP contribution in [0.2, 0.25) is 0 Å². The Balaban J connectivity index is 1.68. The van der Waals surface area contributed by atoms with Crippen molar-refractivity contribution in [3.63, 3.8) is 0 Å². The summed E-state index contributed by atoms with van der Waals surface area (Å²) in [5, 5.41) is 0. The molecular formula is C12H18O3. The third-order valence-corrected chi connectivity index (χ3v) is 3.92. The first-order valence-electron chi connectivity index (χ1n) is 6.10. The fourth-order valence-corrected chi connectivity index (χ4v) is 2.82. The summed E-state index contributed by atoms with van der Waals surface area (Å²) in [6, 6.07) is 0. The molecule has 4 atom stereocenters. The molecule has 1 aliphatic carbocycles. The lowest BCUT2D eigenvalue weighted by Gasteiger charge is -2.31. The number of fused-ring (bicyclic) bond motifs is 2. The summed E-state index contributed by atoms with van der Waals surface area (Å²) in [5.74, 6) is 1.29. The third-order valence-electron chi connectivity index (χ3n) is 3.92. The number of carbonyl (C=O) groups excluding carboxylic acids is 1. The van der Waals surface area contributed by atoms with Gasteiger partial charge in [0.05, 0.1) is 18.8 Å². The van der Waals surface area contributed by atoms with Gasteiger partial charge in [-0.2, -0.15) is 0 Å². The summed E-state index contributed by atoms with van der Waals surface area (Å²) in [4.78, 5) is 11.7. The van der Waals surface area contributed by atoms with Crippen LogP contribution >= 0.6 is 0 Å². The van der Waals surface area contributed by atoms with Crippen LogP contribution in [0.5, 0.6) is 0 Å². The highest BCUT2D eigenvalue weighted by Crippen LogP contribution is 2.42. The molecule has 0 N–H and O–H groups in total. The van der Waals surface area contributed by atoms with E-state index in [9.17, 15) is 4.79 Å². The van der Waals surface area contributed by atoms with Crippen LogP contribution in [0.15, 0.2) is 0 Å². The number of ketones is 1. The lowest BCUT2D eigenvalue weighted by atomic mass is 9.99. The molecule has 2 saturated heterocycles. The number of hydrogen-bond donors (Lipinski definition) is 0. The molecule has 2 aliphatic heterocycles. The van der Waals surface area contributed by atoms with Crippen LogP contribution in [0.3, 0.4) is 0 Å². The number of hydrogen-bond acceptors (Lipinski definition) is 3. The molecule has 1 saturated carbocycles. The zero-order valence-electron chi connectivity index (χ0n) is 8.98. The average Bonchev–Trinajstić information content (AvgIpc) is 3.02. The average molecular weight is 210 g/mol. The van der Waals surface area contributed by atoms with Gasteiger partial charge in [-0.1, -0.05) is 0 Å². The highest BCUT2D eigenvalue weighted by atomic mass is 16.5. The summed E-state index contributed by atoms with van der Waals surface area (Å²) >= 11 is 0. The molecule has 0 spiro atoms. The molecule has 15 heavy (non-hydrogen) atoms. The van der Waals surface area contributed by atoms with Gasteiger partial charge in [0.15, 0.2) is 0 Å². The molecule has 3 rings (SSSR count). The van der Waals surface area contributed by atoms with Crippen molar-refractivity contribution >= 4 is 5.78 Å². The number of carbonyl (C=O) groups is 1. The SMILES string of the molecule is O=C1CC[C@@H]2OCCC[C@H]2OC[C@H]2C[C@@H]12.